The van der Waals surface area contributed by atoms with Crippen LogP contribution in [0.25, 0.3) is 0 Å². The highest BCUT2D eigenvalue weighted by molar-refractivity contribution is 5.12. The van der Waals surface area contributed by atoms with Crippen molar-refractivity contribution >= 4 is 0 Å². The van der Waals surface area contributed by atoms with E-state index in [4.69, 9.17) is 18.9 Å². The Morgan fingerprint density at radius 2 is 0.590 bits per heavy atom. The topological polar surface area (TPSA) is 43.4 Å². The Kier molecular flexibility index (Phi) is 26.4. The van der Waals surface area contributed by atoms with Crippen LogP contribution in [0.2, 0.25) is 0 Å². The molecular formula is C72H128N2O4. The summed E-state index contributed by atoms with van der Waals surface area (Å²) >= 11 is 0. The van der Waals surface area contributed by atoms with Crippen molar-refractivity contribution in [1.29, 1.82) is 0 Å². The van der Waals surface area contributed by atoms with Crippen molar-refractivity contribution in [2.75, 3.05) is 26.4 Å². The summed E-state index contributed by atoms with van der Waals surface area (Å²) in [6.45, 7) is 28.5. The lowest BCUT2D eigenvalue weighted by molar-refractivity contribution is -0.197. The van der Waals surface area contributed by atoms with E-state index < -0.39 is 0 Å². The predicted octanol–water partition coefficient (Wildman–Crippen LogP) is 18.6. The molecule has 6 heteroatoms. The SMILES string of the molecule is CCCCOC1CC(C)CC(OCCCC)C1N(C1CCC(/C=C/C2CCC(C)CC2)CC1)C1C(C)C(C)C(N(C2CCC(/C=C/C3CCC(C)CC3)CC2)C2C(OCCCC)CC(C)CC2OCCCC)C2CCCCC21. The summed E-state index contributed by atoms with van der Waals surface area (Å²) in [6, 6.07) is 2.89. The Balaban J connectivity index is 1.16. The molecule has 8 fully saturated rings. The predicted molar refractivity (Wildman–Crippen MR) is 330 cm³/mol. The molecule has 10 atom stereocenters. The maximum atomic E-state index is 7.36. The highest BCUT2D eigenvalue weighted by Crippen LogP contribution is 2.55. The normalized spacial score (nSPS) is 42.2. The number of rotatable bonds is 26. The fourth-order valence-corrected chi connectivity index (χ4v) is 18.3. The molecule has 0 radical (unpaired) electrons. The molecule has 0 bridgehead atoms. The van der Waals surface area contributed by atoms with Crippen molar-refractivity contribution in [1.82, 2.24) is 9.80 Å². The number of nitrogens with zero attached hydrogens (tertiary/aromatic N) is 2. The van der Waals surface area contributed by atoms with Gasteiger partial charge in [0, 0.05) is 50.6 Å². The van der Waals surface area contributed by atoms with Gasteiger partial charge in [0.1, 0.15) is 0 Å². The van der Waals surface area contributed by atoms with Crippen LogP contribution >= 0.6 is 0 Å². The fourth-order valence-electron chi connectivity index (χ4n) is 18.3. The van der Waals surface area contributed by atoms with Crippen LogP contribution in [-0.2, 0) is 18.9 Å². The van der Waals surface area contributed by atoms with Gasteiger partial charge in [-0.25, -0.2) is 0 Å². The Morgan fingerprint density at radius 1 is 0.321 bits per heavy atom. The molecule has 8 aliphatic carbocycles. The van der Waals surface area contributed by atoms with Gasteiger partial charge in [-0.3, -0.25) is 9.80 Å². The molecule has 8 rings (SSSR count). The minimum absolute atomic E-state index is 0.231. The lowest BCUT2D eigenvalue weighted by Gasteiger charge is -2.64. The highest BCUT2D eigenvalue weighted by Gasteiger charge is 2.59. The van der Waals surface area contributed by atoms with Crippen molar-refractivity contribution in [2.24, 2.45) is 71.0 Å². The summed E-state index contributed by atoms with van der Waals surface area (Å²) in [5.41, 5.74) is 0. The minimum Gasteiger partial charge on any atom is -0.376 e. The molecule has 0 aliphatic heterocycles. The maximum absolute atomic E-state index is 7.36. The summed E-state index contributed by atoms with van der Waals surface area (Å²) in [5, 5.41) is 0. The van der Waals surface area contributed by atoms with Gasteiger partial charge < -0.3 is 18.9 Å². The number of fused-ring (bicyclic) bond motifs is 1. The summed E-state index contributed by atoms with van der Waals surface area (Å²) < 4.78 is 29.4. The summed E-state index contributed by atoms with van der Waals surface area (Å²) in [4.78, 5) is 6.65. The first kappa shape index (κ1) is 63.3. The van der Waals surface area contributed by atoms with E-state index in [0.717, 1.165) is 87.6 Å². The number of hydrogen-bond donors (Lipinski definition) is 0. The molecule has 0 saturated heterocycles. The van der Waals surface area contributed by atoms with Crippen molar-refractivity contribution in [3.05, 3.63) is 24.3 Å². The van der Waals surface area contributed by atoms with Crippen LogP contribution in [0.5, 0.6) is 0 Å². The summed E-state index contributed by atoms with van der Waals surface area (Å²) in [6.07, 6.45) is 53.3. The molecule has 0 N–H and O–H groups in total. The van der Waals surface area contributed by atoms with Gasteiger partial charge in [-0.15, -0.1) is 0 Å². The molecule has 0 aromatic rings. The first-order valence-electron chi connectivity index (χ1n) is 35.4. The second kappa shape index (κ2) is 32.5. The molecule has 8 aliphatic rings. The van der Waals surface area contributed by atoms with Gasteiger partial charge in [0.05, 0.1) is 36.5 Å². The molecule has 0 aromatic carbocycles. The van der Waals surface area contributed by atoms with E-state index in [1.54, 1.807) is 0 Å². The van der Waals surface area contributed by atoms with E-state index in [-0.39, 0.29) is 24.4 Å². The van der Waals surface area contributed by atoms with E-state index in [1.807, 2.05) is 0 Å². The quantitative estimate of drug-likeness (QED) is 0.0635. The van der Waals surface area contributed by atoms with Crippen LogP contribution < -0.4 is 0 Å². The lowest BCUT2D eigenvalue weighted by Crippen LogP contribution is -2.72. The second-order valence-electron chi connectivity index (χ2n) is 29.3. The standard InChI is InChI=1S/C72H128N2O4/c1-11-15-43-75-65-47-53(7)48-66(76-44-16-12-2)71(65)73(61-39-35-59(36-40-61)33-31-57-27-23-51(5)24-28-57)69-55(9)56(10)70(64-22-20-19-21-63(64)69)74(62-41-37-60(38-42-62)34-32-58-29-25-52(6)26-30-58)72-67(77-45-17-13-3)49-54(8)50-68(72)78-46-18-14-4/h31-34,51-72H,11-30,35-50H2,1-10H3/b33-31+,34-32+. The van der Waals surface area contributed by atoms with Gasteiger partial charge in [0.15, 0.2) is 0 Å². The number of ether oxygens (including phenoxy) is 4. The maximum Gasteiger partial charge on any atom is 0.0758 e. The zero-order valence-electron chi connectivity index (χ0n) is 53.0. The van der Waals surface area contributed by atoms with Gasteiger partial charge in [0.25, 0.3) is 0 Å². The van der Waals surface area contributed by atoms with Crippen LogP contribution in [0.1, 0.15) is 275 Å². The molecule has 78 heavy (non-hydrogen) atoms. The lowest BCUT2D eigenvalue weighted by atomic mass is 9.56. The van der Waals surface area contributed by atoms with E-state index >= 15 is 0 Å². The van der Waals surface area contributed by atoms with Gasteiger partial charge in [-0.05, 0) is 212 Å². The molecular weight excluding hydrogens is 957 g/mol. The average molecular weight is 1090 g/mol. The van der Waals surface area contributed by atoms with Gasteiger partial charge in [0.2, 0.25) is 0 Å². The number of hydrogen-bond acceptors (Lipinski definition) is 6. The average Bonchev–Trinajstić information content (AvgIpc) is 3.51. The van der Waals surface area contributed by atoms with Gasteiger partial charge in [-0.2, -0.15) is 0 Å². The molecule has 450 valence electrons. The molecule has 0 aromatic heterocycles. The first-order chi connectivity index (χ1) is 38.0. The Bertz CT molecular complexity index is 1530. The second-order valence-corrected chi connectivity index (χ2v) is 29.3. The van der Waals surface area contributed by atoms with Crippen LogP contribution in [-0.4, -0.2) is 96.9 Å². The molecule has 0 heterocycles. The van der Waals surface area contributed by atoms with Crippen molar-refractivity contribution < 1.29 is 18.9 Å². The zero-order valence-corrected chi connectivity index (χ0v) is 53.0. The van der Waals surface area contributed by atoms with Gasteiger partial charge >= 0.3 is 0 Å². The minimum atomic E-state index is 0.231. The monoisotopic (exact) mass is 1080 g/mol. The zero-order chi connectivity index (χ0) is 55.0. The largest absolute Gasteiger partial charge is 0.376 e. The number of unbranched alkanes of at least 4 members (excludes halogenated alkanes) is 4. The third kappa shape index (κ3) is 17.0. The molecule has 0 amide bonds. The summed E-state index contributed by atoms with van der Waals surface area (Å²) in [5.74, 6) is 8.60. The van der Waals surface area contributed by atoms with Crippen LogP contribution in [0, 0.1) is 71.0 Å². The van der Waals surface area contributed by atoms with Crippen LogP contribution in [0.15, 0.2) is 24.3 Å². The third-order valence-corrected chi connectivity index (χ3v) is 23.2. The fraction of sp³-hybridized carbons (Fsp3) is 0.944. The van der Waals surface area contributed by atoms with Crippen molar-refractivity contribution in [3.8, 4) is 0 Å². The van der Waals surface area contributed by atoms with E-state index in [0.29, 0.717) is 71.8 Å². The van der Waals surface area contributed by atoms with Crippen LogP contribution in [0.4, 0.5) is 0 Å². The molecule has 10 unspecified atom stereocenters. The Hall–Kier alpha value is -0.760. The summed E-state index contributed by atoms with van der Waals surface area (Å²) in [7, 11) is 0. The Labute approximate surface area is 483 Å². The van der Waals surface area contributed by atoms with E-state index in [1.165, 1.54) is 180 Å². The smallest absolute Gasteiger partial charge is 0.0758 e. The molecule has 6 nitrogen and oxygen atoms in total. The highest BCUT2D eigenvalue weighted by atomic mass is 16.5. The molecule has 0 spiro atoms. The van der Waals surface area contributed by atoms with E-state index in [9.17, 15) is 0 Å². The number of allylic oxidation sites excluding steroid dienone is 4. The van der Waals surface area contributed by atoms with Gasteiger partial charge in [-0.1, -0.05) is 158 Å². The third-order valence-electron chi connectivity index (χ3n) is 23.2. The van der Waals surface area contributed by atoms with Crippen molar-refractivity contribution in [3.63, 3.8) is 0 Å². The van der Waals surface area contributed by atoms with Crippen molar-refractivity contribution in [2.45, 2.75) is 335 Å². The van der Waals surface area contributed by atoms with Crippen LogP contribution in [0.3, 0.4) is 0 Å². The Morgan fingerprint density at radius 3 is 0.859 bits per heavy atom. The van der Waals surface area contributed by atoms with E-state index in [2.05, 4.69) is 103 Å². The first-order valence-corrected chi connectivity index (χ1v) is 35.4. The molecule has 8 saturated carbocycles.